The van der Waals surface area contributed by atoms with Crippen LogP contribution in [0.4, 0.5) is 5.69 Å². The fourth-order valence-electron chi connectivity index (χ4n) is 1.46. The zero-order chi connectivity index (χ0) is 14.5. The number of aromatic hydroxyl groups is 1. The fourth-order valence-corrected chi connectivity index (χ4v) is 2.47. The van der Waals surface area contributed by atoms with Gasteiger partial charge in [0.05, 0.1) is 10.8 Å². The molecule has 1 amide bonds. The van der Waals surface area contributed by atoms with Crippen LogP contribution in [0.2, 0.25) is 10.0 Å². The van der Waals surface area contributed by atoms with Gasteiger partial charge in [-0.3, -0.25) is 4.79 Å². The van der Waals surface area contributed by atoms with Gasteiger partial charge in [0.25, 0.3) is 0 Å². The normalized spacial score (nSPS) is 10.3. The second-order valence-electron chi connectivity index (χ2n) is 3.96. The number of anilines is 1. The minimum Gasteiger partial charge on any atom is -0.506 e. The average Bonchev–Trinajstić information content (AvgIpc) is 2.42. The number of carbonyl (C=O) groups is 1. The van der Waals surface area contributed by atoms with Gasteiger partial charge in [-0.15, -0.1) is 11.8 Å². The van der Waals surface area contributed by atoms with E-state index in [-0.39, 0.29) is 22.4 Å². The topological polar surface area (TPSA) is 49.3 Å². The van der Waals surface area contributed by atoms with Gasteiger partial charge in [-0.1, -0.05) is 23.2 Å². The van der Waals surface area contributed by atoms with Gasteiger partial charge in [0.15, 0.2) is 0 Å². The second-order valence-corrected chi connectivity index (χ2v) is 5.85. The number of nitrogens with one attached hydrogen (secondary N) is 1. The van der Waals surface area contributed by atoms with Gasteiger partial charge >= 0.3 is 0 Å². The van der Waals surface area contributed by atoms with Gasteiger partial charge in [-0.2, -0.15) is 0 Å². The first-order chi connectivity index (χ1) is 9.54. The molecule has 0 aliphatic heterocycles. The lowest BCUT2D eigenvalue weighted by atomic mass is 10.3. The lowest BCUT2D eigenvalue weighted by Crippen LogP contribution is -2.13. The van der Waals surface area contributed by atoms with Crippen LogP contribution in [0.5, 0.6) is 5.75 Å². The molecule has 0 bridgehead atoms. The first kappa shape index (κ1) is 15.0. The molecule has 0 fully saturated rings. The molecular formula is C14H11Cl2NO2S. The average molecular weight is 328 g/mol. The largest absolute Gasteiger partial charge is 0.506 e. The molecule has 0 aliphatic rings. The summed E-state index contributed by atoms with van der Waals surface area (Å²) in [5.41, 5.74) is 0.550. The van der Waals surface area contributed by atoms with E-state index in [4.69, 9.17) is 23.2 Å². The van der Waals surface area contributed by atoms with Crippen LogP contribution in [0.15, 0.2) is 47.4 Å². The maximum absolute atomic E-state index is 11.8. The number of halogens is 2. The molecule has 0 atom stereocenters. The first-order valence-corrected chi connectivity index (χ1v) is 7.45. The highest BCUT2D eigenvalue weighted by Crippen LogP contribution is 2.26. The molecule has 104 valence electrons. The molecule has 0 aliphatic carbocycles. The third kappa shape index (κ3) is 4.34. The van der Waals surface area contributed by atoms with E-state index in [2.05, 4.69) is 5.32 Å². The smallest absolute Gasteiger partial charge is 0.234 e. The Bertz CT molecular complexity index is 617. The molecule has 0 aromatic heterocycles. The SMILES string of the molecule is O=C(CSc1ccc(Cl)cc1)Nc1ccc(O)c(Cl)c1. The number of carbonyl (C=O) groups excluding carboxylic acids is 1. The summed E-state index contributed by atoms with van der Waals surface area (Å²) in [7, 11) is 0. The summed E-state index contributed by atoms with van der Waals surface area (Å²) in [6.45, 7) is 0. The molecule has 3 nitrogen and oxygen atoms in total. The molecular weight excluding hydrogens is 317 g/mol. The zero-order valence-corrected chi connectivity index (χ0v) is 12.6. The molecule has 0 saturated carbocycles. The number of rotatable bonds is 4. The van der Waals surface area contributed by atoms with Crippen LogP contribution in [-0.4, -0.2) is 16.8 Å². The van der Waals surface area contributed by atoms with E-state index < -0.39 is 0 Å². The minimum atomic E-state index is -0.147. The Morgan fingerprint density at radius 2 is 1.85 bits per heavy atom. The predicted molar refractivity (Wildman–Crippen MR) is 83.9 cm³/mol. The Hall–Kier alpha value is -1.36. The molecule has 2 aromatic rings. The number of hydrogen-bond donors (Lipinski definition) is 2. The summed E-state index contributed by atoms with van der Waals surface area (Å²) in [6, 6.07) is 11.8. The van der Waals surface area contributed by atoms with Gasteiger partial charge in [-0.25, -0.2) is 0 Å². The van der Waals surface area contributed by atoms with E-state index in [9.17, 15) is 9.90 Å². The van der Waals surface area contributed by atoms with Crippen molar-refractivity contribution in [2.24, 2.45) is 0 Å². The summed E-state index contributed by atoms with van der Waals surface area (Å²) in [5, 5.41) is 12.9. The molecule has 2 aromatic carbocycles. The number of phenols is 1. The van der Waals surface area contributed by atoms with E-state index in [0.717, 1.165) is 4.90 Å². The third-order valence-electron chi connectivity index (χ3n) is 2.42. The van der Waals surface area contributed by atoms with Gasteiger partial charge < -0.3 is 10.4 Å². The molecule has 2 N–H and O–H groups in total. The number of hydrogen-bond acceptors (Lipinski definition) is 3. The highest BCUT2D eigenvalue weighted by Gasteiger charge is 2.06. The second kappa shape index (κ2) is 6.88. The van der Waals surface area contributed by atoms with Gasteiger partial charge in [0.1, 0.15) is 5.75 Å². The van der Waals surface area contributed by atoms with Crippen molar-refractivity contribution in [3.8, 4) is 5.75 Å². The lowest BCUT2D eigenvalue weighted by Gasteiger charge is -2.06. The Morgan fingerprint density at radius 1 is 1.15 bits per heavy atom. The lowest BCUT2D eigenvalue weighted by molar-refractivity contribution is -0.113. The minimum absolute atomic E-state index is 0.0137. The van der Waals surface area contributed by atoms with Crippen molar-refractivity contribution in [3.05, 3.63) is 52.5 Å². The summed E-state index contributed by atoms with van der Waals surface area (Å²) in [5.74, 6) is 0.118. The zero-order valence-electron chi connectivity index (χ0n) is 10.3. The van der Waals surface area contributed by atoms with Crippen LogP contribution in [-0.2, 0) is 4.79 Å². The predicted octanol–water partition coefficient (Wildman–Crippen LogP) is 4.43. The molecule has 20 heavy (non-hydrogen) atoms. The summed E-state index contributed by atoms with van der Waals surface area (Å²) in [6.07, 6.45) is 0. The molecule has 0 unspecified atom stereocenters. The van der Waals surface area contributed by atoms with E-state index in [0.29, 0.717) is 10.7 Å². The Labute approximate surface area is 130 Å². The van der Waals surface area contributed by atoms with E-state index in [1.807, 2.05) is 12.1 Å². The molecule has 0 radical (unpaired) electrons. The van der Waals surface area contributed by atoms with Crippen LogP contribution in [0, 0.1) is 0 Å². The summed E-state index contributed by atoms with van der Waals surface area (Å²) in [4.78, 5) is 12.8. The van der Waals surface area contributed by atoms with Crippen molar-refractivity contribution in [1.82, 2.24) is 0 Å². The van der Waals surface area contributed by atoms with Crippen molar-refractivity contribution < 1.29 is 9.90 Å². The highest BCUT2D eigenvalue weighted by atomic mass is 35.5. The van der Waals surface area contributed by atoms with Crippen molar-refractivity contribution in [2.45, 2.75) is 4.90 Å². The molecule has 0 saturated heterocycles. The number of amides is 1. The molecule has 6 heteroatoms. The first-order valence-electron chi connectivity index (χ1n) is 5.71. The maximum atomic E-state index is 11.8. The Morgan fingerprint density at radius 3 is 2.50 bits per heavy atom. The number of thioether (sulfide) groups is 1. The monoisotopic (exact) mass is 327 g/mol. The van der Waals surface area contributed by atoms with Crippen molar-refractivity contribution in [3.63, 3.8) is 0 Å². The van der Waals surface area contributed by atoms with Gasteiger partial charge in [0, 0.05) is 15.6 Å². The van der Waals surface area contributed by atoms with Crippen LogP contribution in [0.25, 0.3) is 0 Å². The van der Waals surface area contributed by atoms with Crippen LogP contribution < -0.4 is 5.32 Å². The van der Waals surface area contributed by atoms with Crippen molar-refractivity contribution in [1.29, 1.82) is 0 Å². The molecule has 0 heterocycles. The number of benzene rings is 2. The highest BCUT2D eigenvalue weighted by molar-refractivity contribution is 8.00. The molecule has 2 rings (SSSR count). The maximum Gasteiger partial charge on any atom is 0.234 e. The van der Waals surface area contributed by atoms with E-state index in [1.165, 1.54) is 23.9 Å². The number of phenolic OH excluding ortho intramolecular Hbond substituents is 1. The summed E-state index contributed by atoms with van der Waals surface area (Å²) < 4.78 is 0. The van der Waals surface area contributed by atoms with Crippen LogP contribution >= 0.6 is 35.0 Å². The van der Waals surface area contributed by atoms with Crippen LogP contribution in [0.1, 0.15) is 0 Å². The Balaban J connectivity index is 1.89. The van der Waals surface area contributed by atoms with E-state index in [1.54, 1.807) is 18.2 Å². The standard InChI is InChI=1S/C14H11Cl2NO2S/c15-9-1-4-11(5-2-9)20-8-14(19)17-10-3-6-13(18)12(16)7-10/h1-7,18H,8H2,(H,17,19). The van der Waals surface area contributed by atoms with Crippen molar-refractivity contribution in [2.75, 3.05) is 11.1 Å². The Kier molecular flexibility index (Phi) is 5.17. The van der Waals surface area contributed by atoms with Crippen molar-refractivity contribution >= 4 is 46.6 Å². The third-order valence-corrected chi connectivity index (χ3v) is 3.98. The van der Waals surface area contributed by atoms with Crippen LogP contribution in [0.3, 0.4) is 0 Å². The fraction of sp³-hybridized carbons (Fsp3) is 0.0714. The quantitative estimate of drug-likeness (QED) is 0.645. The summed E-state index contributed by atoms with van der Waals surface area (Å²) >= 11 is 13.0. The van der Waals surface area contributed by atoms with Gasteiger partial charge in [0.2, 0.25) is 5.91 Å². The molecule has 0 spiro atoms. The van der Waals surface area contributed by atoms with Gasteiger partial charge in [-0.05, 0) is 42.5 Å². The van der Waals surface area contributed by atoms with E-state index >= 15 is 0 Å².